The van der Waals surface area contributed by atoms with Gasteiger partial charge >= 0.3 is 0 Å². The van der Waals surface area contributed by atoms with E-state index >= 15 is 0 Å². The minimum atomic E-state index is -0.0972. The maximum absolute atomic E-state index is 12.0. The van der Waals surface area contributed by atoms with Crippen molar-refractivity contribution in [3.8, 4) is 11.5 Å². The Balaban J connectivity index is 1.38. The molecular formula is C21H27N4O3+. The monoisotopic (exact) mass is 383 g/mol. The molecule has 0 saturated carbocycles. The Kier molecular flexibility index (Phi) is 6.86. The summed E-state index contributed by atoms with van der Waals surface area (Å²) in [6.07, 6.45) is 1.97. The average Bonchev–Trinajstić information content (AvgIpc) is 2.74. The number of ether oxygens (including phenoxy) is 1. The standard InChI is InChI=1S/C21H26N4O3/c1-28-20-15-17(7-8-19(20)26)16-22-23-21(27)9-10-24-11-13-25(14-12-24)18-5-3-2-4-6-18/h2-8,15-16,26H,9-14H2,1H3,(H,23,27)/p+1. The highest BCUT2D eigenvalue weighted by molar-refractivity contribution is 5.83. The fourth-order valence-electron chi connectivity index (χ4n) is 3.27. The van der Waals surface area contributed by atoms with Crippen molar-refractivity contribution in [1.29, 1.82) is 0 Å². The van der Waals surface area contributed by atoms with Crippen LogP contribution in [0.1, 0.15) is 12.0 Å². The van der Waals surface area contributed by atoms with E-state index in [0.29, 0.717) is 12.2 Å². The summed E-state index contributed by atoms with van der Waals surface area (Å²) in [7, 11) is 1.49. The normalized spacial score (nSPS) is 15.0. The lowest BCUT2D eigenvalue weighted by molar-refractivity contribution is -0.900. The van der Waals surface area contributed by atoms with Crippen LogP contribution < -0.4 is 20.0 Å². The van der Waals surface area contributed by atoms with E-state index < -0.39 is 0 Å². The van der Waals surface area contributed by atoms with Gasteiger partial charge in [0.2, 0.25) is 5.91 Å². The van der Waals surface area contributed by atoms with Crippen LogP contribution in [0.25, 0.3) is 0 Å². The smallest absolute Gasteiger partial charge is 0.245 e. The van der Waals surface area contributed by atoms with Gasteiger partial charge in [-0.25, -0.2) is 5.43 Å². The summed E-state index contributed by atoms with van der Waals surface area (Å²) >= 11 is 0. The molecular weight excluding hydrogens is 356 g/mol. The molecule has 1 aliphatic heterocycles. The Morgan fingerprint density at radius 3 is 2.71 bits per heavy atom. The van der Waals surface area contributed by atoms with Gasteiger partial charge in [-0.15, -0.1) is 0 Å². The molecule has 1 saturated heterocycles. The molecule has 2 aromatic carbocycles. The Hall–Kier alpha value is -3.06. The van der Waals surface area contributed by atoms with Crippen LogP contribution in [-0.2, 0) is 4.79 Å². The highest BCUT2D eigenvalue weighted by Gasteiger charge is 2.20. The number of phenols is 1. The third-order valence-corrected chi connectivity index (χ3v) is 4.90. The third kappa shape index (κ3) is 5.47. The molecule has 0 radical (unpaired) electrons. The predicted octanol–water partition coefficient (Wildman–Crippen LogP) is 0.646. The fourth-order valence-corrected chi connectivity index (χ4v) is 3.27. The fraction of sp³-hybridized carbons (Fsp3) is 0.333. The molecule has 3 rings (SSSR count). The number of nitrogens with one attached hydrogen (secondary N) is 2. The van der Waals surface area contributed by atoms with E-state index in [1.807, 2.05) is 6.07 Å². The summed E-state index contributed by atoms with van der Waals surface area (Å²) in [6.45, 7) is 4.86. The predicted molar refractivity (Wildman–Crippen MR) is 109 cm³/mol. The SMILES string of the molecule is COc1cc(C=NNC(=O)CC[NH+]2CCN(c3ccccc3)CC2)ccc1O. The third-order valence-electron chi connectivity index (χ3n) is 4.90. The number of rotatable bonds is 7. The van der Waals surface area contributed by atoms with Gasteiger partial charge in [0.15, 0.2) is 11.5 Å². The minimum Gasteiger partial charge on any atom is -0.504 e. The number of carbonyl (C=O) groups excluding carboxylic acids is 1. The molecule has 0 aliphatic carbocycles. The molecule has 1 heterocycles. The topological polar surface area (TPSA) is 78.6 Å². The second-order valence-corrected chi connectivity index (χ2v) is 6.80. The van der Waals surface area contributed by atoms with E-state index in [4.69, 9.17) is 4.74 Å². The first-order valence-electron chi connectivity index (χ1n) is 9.48. The van der Waals surface area contributed by atoms with Gasteiger partial charge in [-0.3, -0.25) is 4.79 Å². The first-order valence-corrected chi connectivity index (χ1v) is 9.48. The zero-order valence-corrected chi connectivity index (χ0v) is 16.1. The van der Waals surface area contributed by atoms with Crippen molar-refractivity contribution in [3.05, 3.63) is 54.1 Å². The molecule has 0 aromatic heterocycles. The van der Waals surface area contributed by atoms with E-state index in [-0.39, 0.29) is 11.7 Å². The lowest BCUT2D eigenvalue weighted by Crippen LogP contribution is -3.15. The van der Waals surface area contributed by atoms with Crippen LogP contribution >= 0.6 is 0 Å². The number of methoxy groups -OCH3 is 1. The number of phenolic OH excluding ortho intramolecular Hbond substituents is 1. The van der Waals surface area contributed by atoms with Crippen molar-refractivity contribution in [2.24, 2.45) is 5.10 Å². The number of hydrogen-bond donors (Lipinski definition) is 3. The van der Waals surface area contributed by atoms with Gasteiger partial charge in [0, 0.05) is 5.69 Å². The van der Waals surface area contributed by atoms with Crippen molar-refractivity contribution >= 4 is 17.8 Å². The first kappa shape index (κ1) is 19.7. The maximum Gasteiger partial charge on any atom is 0.245 e. The number of quaternary nitrogens is 1. The maximum atomic E-state index is 12.0. The number of nitrogens with zero attached hydrogens (tertiary/aromatic N) is 2. The minimum absolute atomic E-state index is 0.0685. The molecule has 148 valence electrons. The summed E-state index contributed by atoms with van der Waals surface area (Å²) in [6, 6.07) is 15.3. The Labute approximate surface area is 165 Å². The molecule has 7 nitrogen and oxygen atoms in total. The van der Waals surface area contributed by atoms with Gasteiger partial charge in [0.1, 0.15) is 0 Å². The van der Waals surface area contributed by atoms with Gasteiger partial charge < -0.3 is 19.6 Å². The van der Waals surface area contributed by atoms with Crippen LogP contribution in [-0.4, -0.2) is 57.1 Å². The van der Waals surface area contributed by atoms with Gasteiger partial charge in [0.05, 0.1) is 52.5 Å². The average molecular weight is 383 g/mol. The summed E-state index contributed by atoms with van der Waals surface area (Å²) in [5.74, 6) is 0.340. The Morgan fingerprint density at radius 1 is 1.25 bits per heavy atom. The van der Waals surface area contributed by atoms with E-state index in [1.54, 1.807) is 12.1 Å². The van der Waals surface area contributed by atoms with Crippen molar-refractivity contribution < 1.29 is 19.5 Å². The number of anilines is 1. The van der Waals surface area contributed by atoms with Gasteiger partial charge in [0.25, 0.3) is 0 Å². The van der Waals surface area contributed by atoms with Crippen molar-refractivity contribution in [2.45, 2.75) is 6.42 Å². The van der Waals surface area contributed by atoms with Crippen LogP contribution in [0.2, 0.25) is 0 Å². The summed E-state index contributed by atoms with van der Waals surface area (Å²) in [5.41, 5.74) is 4.56. The zero-order valence-electron chi connectivity index (χ0n) is 16.1. The second kappa shape index (κ2) is 9.75. The number of hydrogen-bond acceptors (Lipinski definition) is 5. The summed E-state index contributed by atoms with van der Waals surface area (Å²) in [4.78, 5) is 15.9. The number of benzene rings is 2. The van der Waals surface area contributed by atoms with Crippen LogP contribution in [0.3, 0.4) is 0 Å². The molecule has 28 heavy (non-hydrogen) atoms. The second-order valence-electron chi connectivity index (χ2n) is 6.80. The molecule has 1 aliphatic rings. The summed E-state index contributed by atoms with van der Waals surface area (Å²) in [5, 5.41) is 13.6. The molecule has 0 bridgehead atoms. The lowest BCUT2D eigenvalue weighted by Gasteiger charge is -2.33. The quantitative estimate of drug-likeness (QED) is 0.485. The molecule has 0 atom stereocenters. The van der Waals surface area contributed by atoms with Gasteiger partial charge in [-0.1, -0.05) is 18.2 Å². The molecule has 0 unspecified atom stereocenters. The van der Waals surface area contributed by atoms with Gasteiger partial charge in [-0.05, 0) is 35.9 Å². The number of carbonyl (C=O) groups is 1. The highest BCUT2D eigenvalue weighted by atomic mass is 16.5. The Bertz CT molecular complexity index is 803. The largest absolute Gasteiger partial charge is 0.504 e. The van der Waals surface area contributed by atoms with Crippen LogP contribution in [0.15, 0.2) is 53.6 Å². The van der Waals surface area contributed by atoms with Crippen LogP contribution in [0.5, 0.6) is 11.5 Å². The highest BCUT2D eigenvalue weighted by Crippen LogP contribution is 2.25. The molecule has 1 fully saturated rings. The van der Waals surface area contributed by atoms with E-state index in [2.05, 4.69) is 39.7 Å². The zero-order chi connectivity index (χ0) is 19.8. The number of piperazine rings is 1. The first-order chi connectivity index (χ1) is 13.7. The van der Waals surface area contributed by atoms with Crippen LogP contribution in [0.4, 0.5) is 5.69 Å². The van der Waals surface area contributed by atoms with E-state index in [0.717, 1.165) is 38.3 Å². The summed E-state index contributed by atoms with van der Waals surface area (Å²) < 4.78 is 5.05. The molecule has 7 heteroatoms. The molecule has 2 aromatic rings. The molecule has 0 spiro atoms. The van der Waals surface area contributed by atoms with Crippen molar-refractivity contribution in [1.82, 2.24) is 5.43 Å². The van der Waals surface area contributed by atoms with E-state index in [1.165, 1.54) is 30.0 Å². The van der Waals surface area contributed by atoms with Crippen molar-refractivity contribution in [3.63, 3.8) is 0 Å². The van der Waals surface area contributed by atoms with Crippen molar-refractivity contribution in [2.75, 3.05) is 44.7 Å². The Morgan fingerprint density at radius 2 is 2.00 bits per heavy atom. The molecule has 1 amide bonds. The number of para-hydroxylation sites is 1. The number of amides is 1. The van der Waals surface area contributed by atoms with Crippen LogP contribution in [0, 0.1) is 0 Å². The molecule has 3 N–H and O–H groups in total. The van der Waals surface area contributed by atoms with E-state index in [9.17, 15) is 9.90 Å². The number of aromatic hydroxyl groups is 1. The number of hydrazone groups is 1. The van der Waals surface area contributed by atoms with Gasteiger partial charge in [-0.2, -0.15) is 5.10 Å². The lowest BCUT2D eigenvalue weighted by atomic mass is 10.2.